The summed E-state index contributed by atoms with van der Waals surface area (Å²) in [6, 6.07) is 10.1. The average Bonchev–Trinajstić information content (AvgIpc) is 3.09. The van der Waals surface area contributed by atoms with Crippen molar-refractivity contribution < 1.29 is 72.7 Å². The van der Waals surface area contributed by atoms with Crippen LogP contribution in [0.5, 0.6) is 40.2 Å². The summed E-state index contributed by atoms with van der Waals surface area (Å²) in [4.78, 5) is 10.7. The number of aromatic hydroxyl groups is 2. The molecule has 3 aromatic carbocycles. The van der Waals surface area contributed by atoms with Crippen molar-refractivity contribution in [2.75, 3.05) is 35.0 Å². The van der Waals surface area contributed by atoms with Crippen LogP contribution in [0.1, 0.15) is 0 Å². The molecule has 5 aromatic rings. The summed E-state index contributed by atoms with van der Waals surface area (Å²) in [5.74, 6) is -0.346. The molecule has 2 unspecified atom stereocenters. The van der Waals surface area contributed by atoms with Crippen molar-refractivity contribution in [1.82, 2.24) is 0 Å². The van der Waals surface area contributed by atoms with Crippen LogP contribution in [0.4, 0.5) is 0 Å². The highest BCUT2D eigenvalue weighted by molar-refractivity contribution is 6.10. The molecule has 0 spiro atoms. The van der Waals surface area contributed by atoms with Crippen molar-refractivity contribution in [3.05, 3.63) is 47.9 Å². The van der Waals surface area contributed by atoms with Crippen molar-refractivity contribution in [2.45, 2.75) is 30.7 Å². The van der Waals surface area contributed by atoms with Gasteiger partial charge in [-0.15, -0.1) is 0 Å². The van der Waals surface area contributed by atoms with E-state index < -0.39 is 37.3 Å². The molecule has 1 aliphatic heterocycles. The van der Waals surface area contributed by atoms with E-state index >= 15 is 0 Å². The topological polar surface area (TPSA) is 224 Å². The standard InChI is InChI=1S/C33H32O15/c1-41-20-5-13(6-21(42-2)26(20)36)17-11-16-25-18(45-17)9-15(35)10-19(25)46-31(14-7-22(43-3)27(37)23(8-14)44-4)32(16)48-33-30(40)29(39)28(38)24(12-34)47-33/h5-11,24,28-30,33-34,36-40H,12H2,1-4H3/p+1/t24-,28-,29?,30?,33+/m1/s1. The van der Waals surface area contributed by atoms with Crippen LogP contribution in [0.25, 0.3) is 44.6 Å². The molecule has 0 amide bonds. The minimum Gasteiger partial charge on any atom is -0.502 e. The van der Waals surface area contributed by atoms with Crippen LogP contribution in [0, 0.1) is 0 Å². The number of ether oxygens (including phenoxy) is 6. The van der Waals surface area contributed by atoms with Gasteiger partial charge in [0.1, 0.15) is 41.3 Å². The summed E-state index contributed by atoms with van der Waals surface area (Å²) in [7, 11) is 5.40. The molecule has 1 aliphatic rings. The maximum atomic E-state index is 10.9. The predicted octanol–water partition coefficient (Wildman–Crippen LogP) is 2.14. The van der Waals surface area contributed by atoms with Gasteiger partial charge in [0.25, 0.3) is 0 Å². The highest BCUT2D eigenvalue weighted by atomic mass is 16.7. The van der Waals surface area contributed by atoms with Gasteiger partial charge in [0.15, 0.2) is 34.5 Å². The summed E-state index contributed by atoms with van der Waals surface area (Å²) in [6.45, 7) is -0.704. The zero-order valence-electron chi connectivity index (χ0n) is 26.0. The molecule has 0 aliphatic carbocycles. The van der Waals surface area contributed by atoms with Crippen LogP contribution in [0.2, 0.25) is 0 Å². The van der Waals surface area contributed by atoms with E-state index in [4.69, 9.17) is 37.3 Å². The lowest BCUT2D eigenvalue weighted by Gasteiger charge is -2.39. The first-order valence-corrected chi connectivity index (χ1v) is 14.5. The third-order valence-electron chi connectivity index (χ3n) is 8.07. The third kappa shape index (κ3) is 5.46. The second-order valence-corrected chi connectivity index (χ2v) is 10.9. The normalized spacial score (nSPS) is 21.0. The average molecular weight is 670 g/mol. The Bertz CT molecular complexity index is 1970. The molecular weight excluding hydrogens is 636 g/mol. The summed E-state index contributed by atoms with van der Waals surface area (Å²) in [5, 5.41) is 63.4. The maximum Gasteiger partial charge on any atom is 0.347 e. The van der Waals surface area contributed by atoms with E-state index in [1.54, 1.807) is 6.07 Å². The fourth-order valence-corrected chi connectivity index (χ4v) is 5.60. The van der Waals surface area contributed by atoms with E-state index in [9.17, 15) is 35.4 Å². The largest absolute Gasteiger partial charge is 0.502 e. The maximum absolute atomic E-state index is 10.9. The monoisotopic (exact) mass is 669 g/mol. The summed E-state index contributed by atoms with van der Waals surface area (Å²) < 4.78 is 45.8. The molecule has 1 fully saturated rings. The lowest BCUT2D eigenvalue weighted by Crippen LogP contribution is -2.60. The molecule has 7 N–H and O–H groups in total. The van der Waals surface area contributed by atoms with Crippen LogP contribution in [-0.4, -0.2) is 101 Å². The first-order valence-electron chi connectivity index (χ1n) is 14.5. The van der Waals surface area contributed by atoms with E-state index in [2.05, 4.69) is 0 Å². The van der Waals surface area contributed by atoms with Crippen LogP contribution in [0.15, 0.2) is 51.3 Å². The molecule has 0 bridgehead atoms. The quantitative estimate of drug-likeness (QED) is 0.124. The zero-order chi connectivity index (χ0) is 34.4. The van der Waals surface area contributed by atoms with Gasteiger partial charge < -0.3 is 67.9 Å². The van der Waals surface area contributed by atoms with Crippen LogP contribution < -0.4 is 29.1 Å². The number of phenolic OH excluding ortho intramolecular Hbond substituents is 2. The molecule has 1 saturated heterocycles. The molecule has 6 rings (SSSR count). The van der Waals surface area contributed by atoms with Crippen molar-refractivity contribution in [2.24, 2.45) is 0 Å². The van der Waals surface area contributed by atoms with Gasteiger partial charge in [0.2, 0.25) is 17.8 Å². The van der Waals surface area contributed by atoms with Gasteiger partial charge in [-0.25, -0.2) is 0 Å². The van der Waals surface area contributed by atoms with Crippen LogP contribution in [-0.2, 0) is 4.74 Å². The summed E-state index contributed by atoms with van der Waals surface area (Å²) in [5.41, 5.74) is 0.636. The minimum absolute atomic E-state index is 0.00604. The molecule has 3 heterocycles. The van der Waals surface area contributed by atoms with Gasteiger partial charge in [-0.3, -0.25) is 4.79 Å². The number of hydrogen-bond donors (Lipinski definition) is 6. The molecule has 0 saturated carbocycles. The van der Waals surface area contributed by atoms with Crippen LogP contribution in [0.3, 0.4) is 0 Å². The minimum atomic E-state index is -1.80. The van der Waals surface area contributed by atoms with E-state index in [-0.39, 0.29) is 79.3 Å². The Morgan fingerprint density at radius 3 is 1.73 bits per heavy atom. The van der Waals surface area contributed by atoms with Gasteiger partial charge in [0, 0.05) is 16.5 Å². The number of phenols is 2. The predicted molar refractivity (Wildman–Crippen MR) is 166 cm³/mol. The molecule has 15 heteroatoms. The summed E-state index contributed by atoms with van der Waals surface area (Å²) >= 11 is 0. The molecule has 5 atom stereocenters. The van der Waals surface area contributed by atoms with Crippen molar-refractivity contribution in [1.29, 1.82) is 0 Å². The lowest BCUT2D eigenvalue weighted by molar-refractivity contribution is -0.277. The Kier molecular flexibility index (Phi) is 8.72. The first-order chi connectivity index (χ1) is 23.0. The van der Waals surface area contributed by atoms with E-state index in [1.165, 1.54) is 64.8 Å². The van der Waals surface area contributed by atoms with Crippen molar-refractivity contribution in [3.63, 3.8) is 0 Å². The molecule has 0 radical (unpaired) electrons. The van der Waals surface area contributed by atoms with Gasteiger partial charge in [-0.05, 0) is 30.3 Å². The SMILES string of the molecule is COc1cc(-c2cc3c(O[C@@H]4O[C@H](CO)[C@@H](O)C(O)C4O)c(-c4cc(OC)c(O)c(OC)c4)oc4cc(=[OH+])cc(o2)c43)cc(OC)c1O. The molecular formula is C33H33O15+. The first kappa shape index (κ1) is 32.7. The Balaban J connectivity index is 1.69. The molecule has 254 valence electrons. The fourth-order valence-electron chi connectivity index (χ4n) is 5.60. The fraction of sp³-hybridized carbons (Fsp3) is 0.303. The molecule has 2 aromatic heterocycles. The van der Waals surface area contributed by atoms with Crippen molar-refractivity contribution in [3.8, 4) is 62.9 Å². The number of methoxy groups -OCH3 is 4. The smallest absolute Gasteiger partial charge is 0.347 e. The van der Waals surface area contributed by atoms with Gasteiger partial charge in [0.05, 0.1) is 52.6 Å². The number of benzene rings is 3. The van der Waals surface area contributed by atoms with Crippen LogP contribution >= 0.6 is 0 Å². The highest BCUT2D eigenvalue weighted by Gasteiger charge is 2.45. The molecule has 48 heavy (non-hydrogen) atoms. The van der Waals surface area contributed by atoms with Crippen molar-refractivity contribution >= 4 is 21.9 Å². The van der Waals surface area contributed by atoms with Gasteiger partial charge in [-0.1, -0.05) is 0 Å². The third-order valence-corrected chi connectivity index (χ3v) is 8.07. The number of aliphatic hydroxyl groups is 4. The second kappa shape index (κ2) is 12.8. The lowest BCUT2D eigenvalue weighted by atomic mass is 9.99. The molecule has 15 nitrogen and oxygen atoms in total. The number of aliphatic hydroxyl groups excluding tert-OH is 4. The Morgan fingerprint density at radius 1 is 0.688 bits per heavy atom. The zero-order valence-corrected chi connectivity index (χ0v) is 26.0. The Morgan fingerprint density at radius 2 is 1.21 bits per heavy atom. The Labute approximate surface area is 271 Å². The second-order valence-electron chi connectivity index (χ2n) is 10.9. The van der Waals surface area contributed by atoms with E-state index in [0.29, 0.717) is 10.9 Å². The van der Waals surface area contributed by atoms with E-state index in [1.807, 2.05) is 0 Å². The van der Waals surface area contributed by atoms with Gasteiger partial charge in [-0.2, -0.15) is 0 Å². The highest BCUT2D eigenvalue weighted by Crippen LogP contribution is 2.48. The van der Waals surface area contributed by atoms with Gasteiger partial charge >= 0.3 is 5.43 Å². The summed E-state index contributed by atoms with van der Waals surface area (Å²) in [6.07, 6.45) is -8.15. The number of rotatable bonds is 9. The number of hydrogen-bond acceptors (Lipinski definition) is 14. The Hall–Kier alpha value is -5.19. The van der Waals surface area contributed by atoms with E-state index in [0.717, 1.165) is 0 Å².